The Morgan fingerprint density at radius 3 is 1.76 bits per heavy atom. The lowest BCUT2D eigenvalue weighted by Gasteiger charge is -2.05. The predicted octanol–water partition coefficient (Wildman–Crippen LogP) is 4.24. The minimum atomic E-state index is -0.407. The van der Waals surface area contributed by atoms with Gasteiger partial charge in [0.25, 0.3) is 5.24 Å². The Bertz CT molecular complexity index is 366. The number of benzene rings is 1. The van der Waals surface area contributed by atoms with Crippen LogP contribution in [0.2, 0.25) is 0 Å². The van der Waals surface area contributed by atoms with E-state index in [1.54, 1.807) is 24.3 Å². The second kappa shape index (κ2) is 8.67. The van der Waals surface area contributed by atoms with Gasteiger partial charge in [0.2, 0.25) is 5.24 Å². The number of hydrogen-bond acceptors (Lipinski definition) is 2. The van der Waals surface area contributed by atoms with Crippen molar-refractivity contribution in [2.24, 2.45) is 5.92 Å². The highest BCUT2D eigenvalue weighted by Crippen LogP contribution is 2.14. The van der Waals surface area contributed by atoms with E-state index in [0.717, 1.165) is 0 Å². The molecule has 1 rings (SSSR count). The first kappa shape index (κ1) is 16.6. The summed E-state index contributed by atoms with van der Waals surface area (Å²) in [6.07, 6.45) is 0. The fourth-order valence-electron chi connectivity index (χ4n) is 0.831. The van der Waals surface area contributed by atoms with Crippen molar-refractivity contribution in [2.45, 2.75) is 18.7 Å². The molecule has 0 heterocycles. The Balaban J connectivity index is 0.000000304. The molecule has 0 aliphatic carbocycles. The van der Waals surface area contributed by atoms with Gasteiger partial charge in [0.15, 0.2) is 0 Å². The summed E-state index contributed by atoms with van der Waals surface area (Å²) in [6.45, 7) is 3.86. The van der Waals surface area contributed by atoms with Crippen LogP contribution in [0.25, 0.3) is 0 Å². The second-order valence-electron chi connectivity index (χ2n) is 3.59. The molecule has 0 aliphatic heterocycles. The summed E-state index contributed by atoms with van der Waals surface area (Å²) in [5.74, 6) is 0.278. The van der Waals surface area contributed by atoms with Gasteiger partial charge in [0.1, 0.15) is 0 Å². The highest BCUT2D eigenvalue weighted by atomic mass is 79.9. The first-order valence-corrected chi connectivity index (χ1v) is 6.61. The number of alkyl halides is 1. The van der Waals surface area contributed by atoms with Gasteiger partial charge >= 0.3 is 0 Å². The summed E-state index contributed by atoms with van der Waals surface area (Å²) >= 11 is 13.4. The van der Waals surface area contributed by atoms with Crippen LogP contribution in [0, 0.1) is 5.92 Å². The van der Waals surface area contributed by atoms with Crippen molar-refractivity contribution >= 4 is 49.6 Å². The summed E-state index contributed by atoms with van der Waals surface area (Å²) in [5, 5.41) is -0.726. The zero-order valence-corrected chi connectivity index (χ0v) is 12.6. The quantitative estimate of drug-likeness (QED) is 0.609. The maximum atomic E-state index is 10.4. The fraction of sp³-hybridized carbons (Fsp3) is 0.333. The number of halogens is 3. The van der Waals surface area contributed by atoms with Crippen molar-refractivity contribution in [2.75, 3.05) is 0 Å². The van der Waals surface area contributed by atoms with Crippen LogP contribution in [-0.2, 0) is 4.79 Å². The second-order valence-corrected chi connectivity index (χ2v) is 5.29. The molecule has 94 valence electrons. The van der Waals surface area contributed by atoms with Crippen LogP contribution in [0.4, 0.5) is 0 Å². The zero-order chi connectivity index (χ0) is 13.4. The molecule has 0 saturated heterocycles. The van der Waals surface area contributed by atoms with E-state index in [2.05, 4.69) is 15.9 Å². The molecular weight excluding hydrogens is 327 g/mol. The number of carbonyl (C=O) groups is 2. The number of carbonyl (C=O) groups excluding carboxylic acids is 2. The van der Waals surface area contributed by atoms with Gasteiger partial charge in [-0.25, -0.2) is 0 Å². The molecule has 1 unspecified atom stereocenters. The summed E-state index contributed by atoms with van der Waals surface area (Å²) in [6, 6.07) is 8.74. The van der Waals surface area contributed by atoms with Crippen LogP contribution in [0.1, 0.15) is 24.2 Å². The van der Waals surface area contributed by atoms with E-state index in [1.807, 2.05) is 19.9 Å². The largest absolute Gasteiger partial charge is 0.280 e. The maximum Gasteiger partial charge on any atom is 0.252 e. The Labute approximate surface area is 119 Å². The molecule has 0 amide bonds. The summed E-state index contributed by atoms with van der Waals surface area (Å²) < 4.78 is 0. The molecule has 0 aromatic heterocycles. The van der Waals surface area contributed by atoms with Gasteiger partial charge in [-0.05, 0) is 29.1 Å². The molecule has 0 aliphatic rings. The van der Waals surface area contributed by atoms with Gasteiger partial charge in [0, 0.05) is 5.56 Å². The molecule has 5 heteroatoms. The SMILES string of the molecule is CC(C)C(Br)C(=O)Cl.O=C(Cl)c1ccccc1. The van der Waals surface area contributed by atoms with Crippen LogP contribution in [0.5, 0.6) is 0 Å². The van der Waals surface area contributed by atoms with Crippen LogP contribution >= 0.6 is 39.1 Å². The van der Waals surface area contributed by atoms with Gasteiger partial charge in [0.05, 0.1) is 4.83 Å². The van der Waals surface area contributed by atoms with E-state index in [9.17, 15) is 9.59 Å². The normalized spacial score (nSPS) is 11.4. The van der Waals surface area contributed by atoms with Gasteiger partial charge in [-0.15, -0.1) is 0 Å². The standard InChI is InChI=1S/C7H5ClO.C5H8BrClO/c8-7(9)6-4-2-1-3-5-6;1-3(2)4(6)5(7)8/h1-5H;3-4H,1-2H3. The third kappa shape index (κ3) is 7.53. The monoisotopic (exact) mass is 338 g/mol. The molecule has 1 atom stereocenters. The Morgan fingerprint density at radius 1 is 1.12 bits per heavy atom. The highest BCUT2D eigenvalue weighted by Gasteiger charge is 2.14. The average Bonchev–Trinajstić information content (AvgIpc) is 2.29. The Kier molecular flexibility index (Phi) is 8.48. The third-order valence-corrected chi connectivity index (χ3v) is 3.99. The van der Waals surface area contributed by atoms with Gasteiger partial charge in [-0.1, -0.05) is 60.1 Å². The van der Waals surface area contributed by atoms with Crippen molar-refractivity contribution in [1.82, 2.24) is 0 Å². The first-order valence-electron chi connectivity index (χ1n) is 4.94. The molecule has 2 nitrogen and oxygen atoms in total. The van der Waals surface area contributed by atoms with E-state index in [-0.39, 0.29) is 16.0 Å². The minimum absolute atomic E-state index is 0.191. The lowest BCUT2D eigenvalue weighted by molar-refractivity contribution is -0.111. The molecule has 0 saturated carbocycles. The smallest absolute Gasteiger partial charge is 0.252 e. The van der Waals surface area contributed by atoms with Crippen molar-refractivity contribution in [3.63, 3.8) is 0 Å². The lowest BCUT2D eigenvalue weighted by Crippen LogP contribution is -2.13. The molecule has 17 heavy (non-hydrogen) atoms. The van der Waals surface area contributed by atoms with E-state index in [4.69, 9.17) is 23.2 Å². The van der Waals surface area contributed by atoms with Crippen molar-refractivity contribution < 1.29 is 9.59 Å². The van der Waals surface area contributed by atoms with E-state index in [1.165, 1.54) is 0 Å². The van der Waals surface area contributed by atoms with Crippen LogP contribution in [0.15, 0.2) is 30.3 Å². The fourth-order valence-corrected chi connectivity index (χ4v) is 1.21. The van der Waals surface area contributed by atoms with Crippen LogP contribution < -0.4 is 0 Å². The van der Waals surface area contributed by atoms with Crippen LogP contribution in [-0.4, -0.2) is 15.3 Å². The van der Waals surface area contributed by atoms with Crippen molar-refractivity contribution in [3.05, 3.63) is 35.9 Å². The van der Waals surface area contributed by atoms with Crippen molar-refractivity contribution in [1.29, 1.82) is 0 Å². The molecule has 0 bridgehead atoms. The zero-order valence-electron chi connectivity index (χ0n) is 9.49. The molecule has 0 fully saturated rings. The van der Waals surface area contributed by atoms with Crippen LogP contribution in [0.3, 0.4) is 0 Å². The van der Waals surface area contributed by atoms with Gasteiger partial charge < -0.3 is 0 Å². The maximum absolute atomic E-state index is 10.4. The average molecular weight is 340 g/mol. The Hall–Kier alpha value is -0.380. The van der Waals surface area contributed by atoms with Gasteiger partial charge in [-0.3, -0.25) is 9.59 Å². The molecular formula is C12H13BrCl2O2. The molecule has 1 aromatic carbocycles. The summed E-state index contributed by atoms with van der Waals surface area (Å²) in [7, 11) is 0. The molecule has 0 N–H and O–H groups in total. The van der Waals surface area contributed by atoms with E-state index in [0.29, 0.717) is 5.56 Å². The molecule has 0 spiro atoms. The third-order valence-electron chi connectivity index (χ3n) is 1.80. The first-order chi connectivity index (χ1) is 7.86. The summed E-state index contributed by atoms with van der Waals surface area (Å²) in [5.41, 5.74) is 0.541. The topological polar surface area (TPSA) is 34.1 Å². The Morgan fingerprint density at radius 2 is 1.59 bits per heavy atom. The van der Waals surface area contributed by atoms with E-state index < -0.39 is 5.24 Å². The number of rotatable bonds is 3. The predicted molar refractivity (Wildman–Crippen MR) is 75.0 cm³/mol. The van der Waals surface area contributed by atoms with Gasteiger partial charge in [-0.2, -0.15) is 0 Å². The van der Waals surface area contributed by atoms with Crippen molar-refractivity contribution in [3.8, 4) is 0 Å². The molecule has 1 aromatic rings. The lowest BCUT2D eigenvalue weighted by atomic mass is 10.2. The highest BCUT2D eigenvalue weighted by molar-refractivity contribution is 9.10. The summed E-state index contributed by atoms with van der Waals surface area (Å²) in [4.78, 5) is 20.5. The molecule has 0 radical (unpaired) electrons. The minimum Gasteiger partial charge on any atom is -0.280 e. The number of hydrogen-bond donors (Lipinski definition) is 0. The van der Waals surface area contributed by atoms with E-state index >= 15 is 0 Å².